The minimum Gasteiger partial charge on any atom is -0.367 e. The van der Waals surface area contributed by atoms with E-state index >= 15 is 0 Å². The Hall–Kier alpha value is -2.55. The number of halogens is 3. The molecule has 9 heteroatoms. The Labute approximate surface area is 169 Å². The van der Waals surface area contributed by atoms with Crippen LogP contribution in [-0.4, -0.2) is 42.1 Å². The van der Waals surface area contributed by atoms with Crippen LogP contribution in [0.15, 0.2) is 35.3 Å². The van der Waals surface area contributed by atoms with E-state index in [1.165, 1.54) is 0 Å². The summed E-state index contributed by atoms with van der Waals surface area (Å²) in [5.74, 6) is 0.664. The maximum Gasteiger partial charge on any atom is 0.411 e. The van der Waals surface area contributed by atoms with Gasteiger partial charge in [0.1, 0.15) is 6.61 Å². The van der Waals surface area contributed by atoms with E-state index in [0.717, 1.165) is 36.5 Å². The minimum absolute atomic E-state index is 0.0767. The van der Waals surface area contributed by atoms with Gasteiger partial charge in [-0.1, -0.05) is 24.3 Å². The lowest BCUT2D eigenvalue weighted by molar-refractivity contribution is -0.176. The fraction of sp³-hybridized carbons (Fsp3) is 0.500. The van der Waals surface area contributed by atoms with Crippen LogP contribution in [0, 0.1) is 13.8 Å². The second-order valence-electron chi connectivity index (χ2n) is 6.78. The van der Waals surface area contributed by atoms with Gasteiger partial charge < -0.3 is 15.4 Å². The molecule has 2 rings (SSSR count). The molecule has 0 amide bonds. The molecule has 6 nitrogen and oxygen atoms in total. The van der Waals surface area contributed by atoms with E-state index in [0.29, 0.717) is 18.1 Å². The average Bonchev–Trinajstić information content (AvgIpc) is 2.97. The third-order valence-electron chi connectivity index (χ3n) is 4.15. The number of hydrogen-bond acceptors (Lipinski definition) is 3. The van der Waals surface area contributed by atoms with Crippen molar-refractivity contribution in [2.75, 3.05) is 20.2 Å². The third-order valence-corrected chi connectivity index (χ3v) is 4.15. The molecule has 0 saturated heterocycles. The van der Waals surface area contributed by atoms with Gasteiger partial charge in [0.05, 0.1) is 12.3 Å². The number of benzene rings is 1. The Morgan fingerprint density at radius 2 is 1.93 bits per heavy atom. The third kappa shape index (κ3) is 8.55. The molecular formula is C20H28F3N5O. The lowest BCUT2D eigenvalue weighted by Crippen LogP contribution is -2.37. The first-order valence-corrected chi connectivity index (χ1v) is 9.45. The summed E-state index contributed by atoms with van der Waals surface area (Å²) in [5, 5.41) is 10.9. The van der Waals surface area contributed by atoms with E-state index < -0.39 is 12.8 Å². The number of alkyl halides is 3. The molecule has 29 heavy (non-hydrogen) atoms. The first-order valence-electron chi connectivity index (χ1n) is 9.45. The Morgan fingerprint density at radius 3 is 2.59 bits per heavy atom. The second kappa shape index (κ2) is 10.8. The van der Waals surface area contributed by atoms with Crippen LogP contribution in [0.1, 0.15) is 28.9 Å². The minimum atomic E-state index is -4.31. The van der Waals surface area contributed by atoms with Crippen LogP contribution in [0.5, 0.6) is 0 Å². The van der Waals surface area contributed by atoms with Crippen molar-refractivity contribution in [1.82, 2.24) is 20.4 Å². The topological polar surface area (TPSA) is 63.5 Å². The van der Waals surface area contributed by atoms with Crippen LogP contribution in [0.4, 0.5) is 13.2 Å². The molecular weight excluding hydrogens is 383 g/mol. The van der Waals surface area contributed by atoms with Crippen LogP contribution >= 0.6 is 0 Å². The molecule has 1 aromatic heterocycles. The van der Waals surface area contributed by atoms with E-state index in [-0.39, 0.29) is 6.61 Å². The molecule has 2 N–H and O–H groups in total. The van der Waals surface area contributed by atoms with Crippen molar-refractivity contribution in [2.45, 2.75) is 46.1 Å². The first-order chi connectivity index (χ1) is 13.8. The number of hydrogen-bond donors (Lipinski definition) is 2. The molecule has 0 spiro atoms. The molecule has 160 valence electrons. The molecule has 0 aliphatic heterocycles. The van der Waals surface area contributed by atoms with Crippen LogP contribution in [0.25, 0.3) is 0 Å². The number of aromatic nitrogens is 2. The Morgan fingerprint density at radius 1 is 1.17 bits per heavy atom. The Balaban J connectivity index is 1.73. The van der Waals surface area contributed by atoms with E-state index in [1.54, 1.807) is 19.2 Å². The summed E-state index contributed by atoms with van der Waals surface area (Å²) in [5.41, 5.74) is 3.79. The number of ether oxygens (including phenoxy) is 1. The smallest absolute Gasteiger partial charge is 0.367 e. The Bertz CT molecular complexity index is 802. The quantitative estimate of drug-likeness (QED) is 0.377. The maximum absolute atomic E-state index is 12.2. The van der Waals surface area contributed by atoms with Crippen molar-refractivity contribution in [1.29, 1.82) is 0 Å². The van der Waals surface area contributed by atoms with Gasteiger partial charge >= 0.3 is 6.18 Å². The molecule has 0 unspecified atom stereocenters. The summed E-state index contributed by atoms with van der Waals surface area (Å²) in [7, 11) is 1.69. The molecule has 2 aromatic rings. The highest BCUT2D eigenvalue weighted by atomic mass is 19.4. The predicted octanol–water partition coefficient (Wildman–Crippen LogP) is 3.33. The van der Waals surface area contributed by atoms with Crippen molar-refractivity contribution in [2.24, 2.45) is 4.99 Å². The van der Waals surface area contributed by atoms with Crippen LogP contribution < -0.4 is 10.6 Å². The summed E-state index contributed by atoms with van der Waals surface area (Å²) in [6.45, 7) is 4.76. The lowest BCUT2D eigenvalue weighted by atomic mass is 10.1. The van der Waals surface area contributed by atoms with Gasteiger partial charge in [0.25, 0.3) is 0 Å². The number of aryl methyl sites for hydroxylation is 3. The zero-order valence-corrected chi connectivity index (χ0v) is 17.0. The highest BCUT2D eigenvalue weighted by Crippen LogP contribution is 2.16. The summed E-state index contributed by atoms with van der Waals surface area (Å²) in [6.07, 6.45) is -3.42. The molecule has 1 aromatic carbocycles. The van der Waals surface area contributed by atoms with Crippen molar-refractivity contribution < 1.29 is 17.9 Å². The molecule has 1 heterocycles. The van der Waals surface area contributed by atoms with Gasteiger partial charge in [0.2, 0.25) is 0 Å². The van der Waals surface area contributed by atoms with Gasteiger partial charge in [-0.2, -0.15) is 18.3 Å². The van der Waals surface area contributed by atoms with Gasteiger partial charge in [-0.15, -0.1) is 0 Å². The molecule has 0 saturated carbocycles. The number of aliphatic imine (C=N–C) groups is 1. The highest BCUT2D eigenvalue weighted by molar-refractivity contribution is 5.79. The van der Waals surface area contributed by atoms with E-state index in [9.17, 15) is 13.2 Å². The predicted molar refractivity (Wildman–Crippen MR) is 107 cm³/mol. The van der Waals surface area contributed by atoms with Gasteiger partial charge in [-0.05, 0) is 37.5 Å². The zero-order chi connectivity index (χ0) is 21.3. The zero-order valence-electron chi connectivity index (χ0n) is 17.0. The molecule has 0 fully saturated rings. The normalized spacial score (nSPS) is 12.3. The summed E-state index contributed by atoms with van der Waals surface area (Å²) in [6, 6.07) is 9.31. The van der Waals surface area contributed by atoms with E-state index in [1.807, 2.05) is 30.7 Å². The summed E-state index contributed by atoms with van der Waals surface area (Å²) >= 11 is 0. The van der Waals surface area contributed by atoms with Crippen LogP contribution in [0.3, 0.4) is 0 Å². The number of guanidine groups is 1. The lowest BCUT2D eigenvalue weighted by Gasteiger charge is -2.13. The van der Waals surface area contributed by atoms with E-state index in [4.69, 9.17) is 4.74 Å². The van der Waals surface area contributed by atoms with Crippen molar-refractivity contribution in [3.05, 3.63) is 52.8 Å². The van der Waals surface area contributed by atoms with Crippen molar-refractivity contribution >= 4 is 5.96 Å². The fourth-order valence-electron chi connectivity index (χ4n) is 2.86. The number of nitrogens with zero attached hydrogens (tertiary/aromatic N) is 3. The molecule has 0 atom stereocenters. The van der Waals surface area contributed by atoms with Crippen LogP contribution in [-0.2, 0) is 24.4 Å². The second-order valence-corrected chi connectivity index (χ2v) is 6.78. The Kier molecular flexibility index (Phi) is 8.50. The number of rotatable bonds is 9. The van der Waals surface area contributed by atoms with Gasteiger partial charge in [0.15, 0.2) is 5.96 Å². The summed E-state index contributed by atoms with van der Waals surface area (Å²) in [4.78, 5) is 4.19. The van der Waals surface area contributed by atoms with Crippen molar-refractivity contribution in [3.63, 3.8) is 0 Å². The summed E-state index contributed by atoms with van der Waals surface area (Å²) < 4.78 is 43.2. The molecule has 0 aliphatic rings. The average molecular weight is 411 g/mol. The maximum atomic E-state index is 12.2. The molecule has 0 bridgehead atoms. The van der Waals surface area contributed by atoms with Gasteiger partial charge in [0, 0.05) is 32.4 Å². The van der Waals surface area contributed by atoms with Crippen LogP contribution in [0.2, 0.25) is 0 Å². The highest BCUT2D eigenvalue weighted by Gasteiger charge is 2.27. The monoisotopic (exact) mass is 411 g/mol. The molecule has 0 radical (unpaired) electrons. The van der Waals surface area contributed by atoms with Gasteiger partial charge in [-0.25, -0.2) is 0 Å². The molecule has 0 aliphatic carbocycles. The van der Waals surface area contributed by atoms with Gasteiger partial charge in [-0.3, -0.25) is 9.67 Å². The standard InChI is InChI=1S/C20H28F3N5O/c1-15-10-16(2)28(27-15)9-5-8-25-19(24-3)26-12-17-6-4-7-18(11-17)13-29-14-20(21,22)23/h4,6-7,10-11H,5,8-9,12-14H2,1-3H3,(H2,24,25,26). The number of nitrogens with one attached hydrogen (secondary N) is 2. The first kappa shape index (κ1) is 22.7. The van der Waals surface area contributed by atoms with E-state index in [2.05, 4.69) is 26.8 Å². The largest absolute Gasteiger partial charge is 0.411 e. The van der Waals surface area contributed by atoms with Crippen molar-refractivity contribution in [3.8, 4) is 0 Å². The fourth-order valence-corrected chi connectivity index (χ4v) is 2.86. The SMILES string of the molecule is CN=C(NCCCn1nc(C)cc1C)NCc1cccc(COCC(F)(F)F)c1.